The molecule has 0 fully saturated rings. The lowest BCUT2D eigenvalue weighted by Crippen LogP contribution is -2.01. The number of aliphatic hydroxyl groups excluding tert-OH is 1. The van der Waals surface area contributed by atoms with Gasteiger partial charge in [-0.2, -0.15) is 0 Å². The standard InChI is InChI=1S/C10H6Cl2FNOS/c11-5-1-2-6(7(13)3-5)9(15)10-14-4-8(12)16-10/h1-4,9,15H. The van der Waals surface area contributed by atoms with Gasteiger partial charge in [-0.15, -0.1) is 11.3 Å². The van der Waals surface area contributed by atoms with Crippen LogP contribution in [0.4, 0.5) is 4.39 Å². The molecule has 16 heavy (non-hydrogen) atoms. The first kappa shape index (κ1) is 11.8. The summed E-state index contributed by atoms with van der Waals surface area (Å²) in [6.07, 6.45) is 0.299. The molecule has 2 aromatic rings. The average Bonchev–Trinajstić information content (AvgIpc) is 2.64. The molecule has 0 saturated carbocycles. The molecular weight excluding hydrogens is 272 g/mol. The van der Waals surface area contributed by atoms with Crippen LogP contribution in [0.15, 0.2) is 24.4 Å². The molecule has 6 heteroatoms. The summed E-state index contributed by atoms with van der Waals surface area (Å²) in [7, 11) is 0. The molecule has 0 saturated heterocycles. The van der Waals surface area contributed by atoms with Crippen LogP contribution in [-0.4, -0.2) is 10.1 Å². The number of hydrogen-bond donors (Lipinski definition) is 1. The van der Waals surface area contributed by atoms with Gasteiger partial charge in [-0.05, 0) is 12.1 Å². The van der Waals surface area contributed by atoms with Gasteiger partial charge in [0.15, 0.2) is 0 Å². The third-order valence-corrected chi connectivity index (χ3v) is 3.39. The van der Waals surface area contributed by atoms with Crippen molar-refractivity contribution in [2.45, 2.75) is 6.10 Å². The zero-order valence-electron chi connectivity index (χ0n) is 7.82. The monoisotopic (exact) mass is 277 g/mol. The van der Waals surface area contributed by atoms with Crippen molar-refractivity contribution in [1.29, 1.82) is 0 Å². The van der Waals surface area contributed by atoms with E-state index < -0.39 is 11.9 Å². The minimum absolute atomic E-state index is 0.135. The van der Waals surface area contributed by atoms with Gasteiger partial charge in [0, 0.05) is 10.6 Å². The van der Waals surface area contributed by atoms with Crippen LogP contribution in [0.5, 0.6) is 0 Å². The topological polar surface area (TPSA) is 33.1 Å². The Morgan fingerprint density at radius 2 is 2.12 bits per heavy atom. The van der Waals surface area contributed by atoms with Crippen molar-refractivity contribution >= 4 is 34.5 Å². The fourth-order valence-electron chi connectivity index (χ4n) is 1.25. The highest BCUT2D eigenvalue weighted by atomic mass is 35.5. The van der Waals surface area contributed by atoms with Gasteiger partial charge < -0.3 is 5.11 Å². The Bertz CT molecular complexity index is 517. The highest BCUT2D eigenvalue weighted by Gasteiger charge is 2.18. The lowest BCUT2D eigenvalue weighted by Gasteiger charge is -2.08. The summed E-state index contributed by atoms with van der Waals surface area (Å²) in [6.45, 7) is 0. The van der Waals surface area contributed by atoms with Gasteiger partial charge in [0.1, 0.15) is 21.3 Å². The third kappa shape index (κ3) is 2.35. The molecule has 0 radical (unpaired) electrons. The van der Waals surface area contributed by atoms with Gasteiger partial charge >= 0.3 is 0 Å². The van der Waals surface area contributed by atoms with Crippen molar-refractivity contribution in [3.05, 3.63) is 50.1 Å². The number of benzene rings is 1. The molecule has 0 amide bonds. The van der Waals surface area contributed by atoms with E-state index in [-0.39, 0.29) is 10.6 Å². The Morgan fingerprint density at radius 3 is 2.69 bits per heavy atom. The SMILES string of the molecule is OC(c1ncc(Cl)s1)c1ccc(Cl)cc1F. The molecule has 0 bridgehead atoms. The molecule has 2 nitrogen and oxygen atoms in total. The van der Waals surface area contributed by atoms with Crippen molar-refractivity contribution in [1.82, 2.24) is 4.98 Å². The summed E-state index contributed by atoms with van der Waals surface area (Å²) in [4.78, 5) is 3.89. The van der Waals surface area contributed by atoms with E-state index in [1.165, 1.54) is 18.3 Å². The maximum atomic E-state index is 13.5. The molecular formula is C10H6Cl2FNOS. The molecule has 0 aliphatic rings. The maximum absolute atomic E-state index is 13.5. The van der Waals surface area contributed by atoms with E-state index in [1.54, 1.807) is 0 Å². The van der Waals surface area contributed by atoms with Gasteiger partial charge in [-0.1, -0.05) is 29.3 Å². The van der Waals surface area contributed by atoms with Crippen LogP contribution >= 0.6 is 34.5 Å². The quantitative estimate of drug-likeness (QED) is 0.909. The van der Waals surface area contributed by atoms with Gasteiger partial charge in [0.25, 0.3) is 0 Å². The Kier molecular flexibility index (Phi) is 3.44. The highest BCUT2D eigenvalue weighted by Crippen LogP contribution is 2.30. The fourth-order valence-corrected chi connectivity index (χ4v) is 2.34. The van der Waals surface area contributed by atoms with E-state index in [4.69, 9.17) is 23.2 Å². The van der Waals surface area contributed by atoms with Gasteiger partial charge in [-0.25, -0.2) is 9.37 Å². The number of rotatable bonds is 2. The van der Waals surface area contributed by atoms with Crippen LogP contribution in [0.3, 0.4) is 0 Å². The van der Waals surface area contributed by atoms with Crippen molar-refractivity contribution in [2.24, 2.45) is 0 Å². The highest BCUT2D eigenvalue weighted by molar-refractivity contribution is 7.15. The zero-order chi connectivity index (χ0) is 11.7. The molecule has 1 aromatic carbocycles. The Morgan fingerprint density at radius 1 is 1.38 bits per heavy atom. The molecule has 84 valence electrons. The summed E-state index contributed by atoms with van der Waals surface area (Å²) < 4.78 is 13.9. The number of nitrogens with zero attached hydrogens (tertiary/aromatic N) is 1. The van der Waals surface area contributed by atoms with Crippen molar-refractivity contribution in [2.75, 3.05) is 0 Å². The molecule has 1 aromatic heterocycles. The van der Waals surface area contributed by atoms with E-state index in [0.29, 0.717) is 9.34 Å². The van der Waals surface area contributed by atoms with Crippen LogP contribution in [0.2, 0.25) is 9.36 Å². The summed E-state index contributed by atoms with van der Waals surface area (Å²) in [5.41, 5.74) is 0.135. The third-order valence-electron chi connectivity index (χ3n) is 1.99. The number of aromatic nitrogens is 1. The number of hydrogen-bond acceptors (Lipinski definition) is 3. The van der Waals surface area contributed by atoms with Crippen LogP contribution < -0.4 is 0 Å². The van der Waals surface area contributed by atoms with E-state index >= 15 is 0 Å². The first-order valence-electron chi connectivity index (χ1n) is 4.32. The molecule has 1 N–H and O–H groups in total. The van der Waals surface area contributed by atoms with Crippen LogP contribution in [-0.2, 0) is 0 Å². The molecule has 1 atom stereocenters. The Hall–Kier alpha value is -0.680. The van der Waals surface area contributed by atoms with Crippen LogP contribution in [0, 0.1) is 5.82 Å². The molecule has 1 unspecified atom stereocenters. The number of aliphatic hydroxyl groups is 1. The van der Waals surface area contributed by atoms with Crippen molar-refractivity contribution in [3.8, 4) is 0 Å². The minimum atomic E-state index is -1.12. The normalized spacial score (nSPS) is 12.8. The molecule has 0 spiro atoms. The molecule has 1 heterocycles. The summed E-state index contributed by atoms with van der Waals surface area (Å²) in [6, 6.07) is 4.09. The van der Waals surface area contributed by atoms with E-state index in [1.807, 2.05) is 0 Å². The summed E-state index contributed by atoms with van der Waals surface area (Å²) in [5.74, 6) is -0.564. The second-order valence-electron chi connectivity index (χ2n) is 3.07. The van der Waals surface area contributed by atoms with Crippen LogP contribution in [0.1, 0.15) is 16.7 Å². The van der Waals surface area contributed by atoms with Gasteiger partial charge in [0.05, 0.1) is 6.20 Å². The average molecular weight is 278 g/mol. The lowest BCUT2D eigenvalue weighted by atomic mass is 10.1. The van der Waals surface area contributed by atoms with E-state index in [9.17, 15) is 9.50 Å². The first-order chi connectivity index (χ1) is 7.58. The van der Waals surface area contributed by atoms with Crippen molar-refractivity contribution in [3.63, 3.8) is 0 Å². The Labute approximate surface area is 105 Å². The second-order valence-corrected chi connectivity index (χ2v) is 5.20. The molecule has 2 rings (SSSR count). The maximum Gasteiger partial charge on any atom is 0.133 e. The number of thiazole rings is 1. The zero-order valence-corrected chi connectivity index (χ0v) is 10.2. The molecule has 0 aliphatic heterocycles. The van der Waals surface area contributed by atoms with E-state index in [2.05, 4.69) is 4.98 Å². The predicted molar refractivity (Wildman–Crippen MR) is 62.6 cm³/mol. The van der Waals surface area contributed by atoms with Gasteiger partial charge in [-0.3, -0.25) is 0 Å². The largest absolute Gasteiger partial charge is 0.381 e. The Balaban J connectivity index is 2.37. The first-order valence-corrected chi connectivity index (χ1v) is 5.89. The van der Waals surface area contributed by atoms with Crippen molar-refractivity contribution < 1.29 is 9.50 Å². The van der Waals surface area contributed by atoms with Crippen LogP contribution in [0.25, 0.3) is 0 Å². The molecule has 0 aliphatic carbocycles. The second kappa shape index (κ2) is 4.67. The summed E-state index contributed by atoms with van der Waals surface area (Å²) in [5, 5.41) is 10.5. The smallest absolute Gasteiger partial charge is 0.133 e. The number of halogens is 3. The van der Waals surface area contributed by atoms with E-state index in [0.717, 1.165) is 17.4 Å². The predicted octanol–water partition coefficient (Wildman–Crippen LogP) is 3.67. The minimum Gasteiger partial charge on any atom is -0.381 e. The lowest BCUT2D eigenvalue weighted by molar-refractivity contribution is 0.214. The summed E-state index contributed by atoms with van der Waals surface area (Å²) >= 11 is 12.4. The van der Waals surface area contributed by atoms with Gasteiger partial charge in [0.2, 0.25) is 0 Å². The fraction of sp³-hybridized carbons (Fsp3) is 0.100.